The minimum absolute atomic E-state index is 0.870. The summed E-state index contributed by atoms with van der Waals surface area (Å²) in [5.74, 6) is 0. The Morgan fingerprint density at radius 1 is 0.160 bits per heavy atom. The molecule has 3 nitrogen and oxygen atoms in total. The van der Waals surface area contributed by atoms with Gasteiger partial charge in [0.15, 0.2) is 0 Å². The predicted octanol–water partition coefficient (Wildman–Crippen LogP) is 20.8. The van der Waals surface area contributed by atoms with Crippen LogP contribution in [0.2, 0.25) is 0 Å². The molecule has 0 fully saturated rings. The monoisotopic (exact) mass is 952 g/mol. The number of hydrogen-bond donors (Lipinski definition) is 0. The van der Waals surface area contributed by atoms with Crippen molar-refractivity contribution < 1.29 is 13.3 Å². The number of hydrogen-bond acceptors (Lipinski definition) is 3. The molecule has 3 heterocycles. The predicted molar refractivity (Wildman–Crippen MR) is 312 cm³/mol. The van der Waals surface area contributed by atoms with E-state index in [1.165, 1.54) is 71.3 Å². The molecule has 3 aromatic heterocycles. The second-order valence-electron chi connectivity index (χ2n) is 20.2. The van der Waals surface area contributed by atoms with Crippen molar-refractivity contribution in [1.82, 2.24) is 0 Å². The second-order valence-corrected chi connectivity index (χ2v) is 20.2. The Balaban J connectivity index is 1.03. The minimum atomic E-state index is 0.870. The van der Waals surface area contributed by atoms with Gasteiger partial charge in [-0.1, -0.05) is 164 Å². The lowest BCUT2D eigenvalue weighted by atomic mass is 9.75. The summed E-state index contributed by atoms with van der Waals surface area (Å²) in [6.07, 6.45) is 0. The summed E-state index contributed by atoms with van der Waals surface area (Å²) < 4.78 is 19.3. The van der Waals surface area contributed by atoms with Gasteiger partial charge in [0.25, 0.3) is 0 Å². The van der Waals surface area contributed by atoms with Gasteiger partial charge in [-0.05, 0) is 189 Å². The molecule has 17 rings (SSSR count). The van der Waals surface area contributed by atoms with Crippen molar-refractivity contribution in [3.05, 3.63) is 243 Å². The normalized spacial score (nSPS) is 12.3. The Bertz CT molecular complexity index is 5140. The van der Waals surface area contributed by atoms with Crippen LogP contribution in [0.15, 0.2) is 256 Å². The first-order chi connectivity index (χ1) is 37.2. The van der Waals surface area contributed by atoms with Crippen LogP contribution >= 0.6 is 0 Å². The topological polar surface area (TPSA) is 39.4 Å². The molecule has 13 aromatic carbocycles. The first kappa shape index (κ1) is 40.6. The summed E-state index contributed by atoms with van der Waals surface area (Å²) in [5, 5.41) is 14.1. The van der Waals surface area contributed by atoms with E-state index < -0.39 is 0 Å². The molecule has 0 unspecified atom stereocenters. The molecule has 0 saturated heterocycles. The van der Waals surface area contributed by atoms with E-state index in [0.29, 0.717) is 0 Å². The summed E-state index contributed by atoms with van der Waals surface area (Å²) >= 11 is 0. The van der Waals surface area contributed by atoms with Crippen molar-refractivity contribution in [3.8, 4) is 77.9 Å². The van der Waals surface area contributed by atoms with Crippen molar-refractivity contribution in [2.45, 2.75) is 0 Å². The molecule has 346 valence electrons. The van der Waals surface area contributed by atoms with E-state index in [1.54, 1.807) is 0 Å². The average molecular weight is 953 g/mol. The minimum Gasteiger partial charge on any atom is -0.456 e. The van der Waals surface area contributed by atoms with Gasteiger partial charge in [0.1, 0.15) is 33.5 Å². The van der Waals surface area contributed by atoms with Gasteiger partial charge >= 0.3 is 0 Å². The smallest absolute Gasteiger partial charge is 0.135 e. The van der Waals surface area contributed by atoms with E-state index in [4.69, 9.17) is 13.3 Å². The van der Waals surface area contributed by atoms with E-state index >= 15 is 0 Å². The van der Waals surface area contributed by atoms with Crippen LogP contribution in [0, 0.1) is 0 Å². The fourth-order valence-electron chi connectivity index (χ4n) is 12.8. The van der Waals surface area contributed by atoms with Crippen molar-refractivity contribution in [2.24, 2.45) is 0 Å². The van der Waals surface area contributed by atoms with Gasteiger partial charge in [-0.15, -0.1) is 0 Å². The number of para-hydroxylation sites is 3. The van der Waals surface area contributed by atoms with Crippen molar-refractivity contribution in [1.29, 1.82) is 0 Å². The zero-order valence-corrected chi connectivity index (χ0v) is 40.3. The zero-order valence-electron chi connectivity index (χ0n) is 40.3. The summed E-state index contributed by atoms with van der Waals surface area (Å²) in [6, 6.07) is 89.0. The third-order valence-corrected chi connectivity index (χ3v) is 16.2. The van der Waals surface area contributed by atoms with Gasteiger partial charge in [-0.2, -0.15) is 0 Å². The molecular formula is C72H40O3. The Hall–Kier alpha value is -9.96. The highest BCUT2D eigenvalue weighted by molar-refractivity contribution is 6.27. The molecule has 0 amide bonds. The highest BCUT2D eigenvalue weighted by atomic mass is 16.3. The van der Waals surface area contributed by atoms with Crippen LogP contribution < -0.4 is 0 Å². The standard InChI is InChI=1S/C72H40O3/c1-3-16-47-45(14-1)46-15-2-4-17-48(46)59-40-65-60(39-58(47)59)50-19-6-5-18-49(50)57-37-55(42-29-32-70-63(35-42)52-21-8-11-26-67(52)74-70)56(43-30-33-71-64(36-43)53-22-9-12-27-68(53)75-71)38-61(57)54-24-13-23-44(72(54)65)41-28-31-69-62(34-41)51-20-7-10-25-66(51)73-69/h1-40H. The molecule has 16 aromatic rings. The Morgan fingerprint density at radius 2 is 0.480 bits per heavy atom. The molecule has 1 aliphatic rings. The molecule has 1 aliphatic carbocycles. The molecule has 3 heteroatoms. The molecule has 0 spiro atoms. The van der Waals surface area contributed by atoms with Gasteiger partial charge in [0.05, 0.1) is 0 Å². The van der Waals surface area contributed by atoms with Crippen LogP contribution in [0.3, 0.4) is 0 Å². The summed E-state index contributed by atoms with van der Waals surface area (Å²) in [4.78, 5) is 0. The maximum absolute atomic E-state index is 6.44. The number of benzene rings is 13. The zero-order chi connectivity index (χ0) is 48.9. The molecule has 0 aliphatic heterocycles. The van der Waals surface area contributed by atoms with Crippen molar-refractivity contribution in [2.75, 3.05) is 0 Å². The maximum Gasteiger partial charge on any atom is 0.135 e. The molecule has 0 saturated carbocycles. The van der Waals surface area contributed by atoms with Gasteiger partial charge < -0.3 is 13.3 Å². The number of fused-ring (bicyclic) bond motifs is 23. The van der Waals surface area contributed by atoms with Gasteiger partial charge in [-0.25, -0.2) is 0 Å². The molecular weight excluding hydrogens is 913 g/mol. The highest BCUT2D eigenvalue weighted by Gasteiger charge is 2.28. The number of rotatable bonds is 3. The fourth-order valence-corrected chi connectivity index (χ4v) is 12.8. The van der Waals surface area contributed by atoms with Crippen LogP contribution in [0.4, 0.5) is 0 Å². The third-order valence-electron chi connectivity index (χ3n) is 16.2. The largest absolute Gasteiger partial charge is 0.456 e. The Morgan fingerprint density at radius 3 is 0.947 bits per heavy atom. The highest BCUT2D eigenvalue weighted by Crippen LogP contribution is 2.55. The van der Waals surface area contributed by atoms with Crippen molar-refractivity contribution >= 4 is 98.1 Å². The summed E-state index contributed by atoms with van der Waals surface area (Å²) in [6.45, 7) is 0. The lowest BCUT2D eigenvalue weighted by Crippen LogP contribution is -2.01. The van der Waals surface area contributed by atoms with E-state index in [-0.39, 0.29) is 0 Å². The van der Waals surface area contributed by atoms with Crippen LogP contribution in [0.25, 0.3) is 176 Å². The van der Waals surface area contributed by atoms with Crippen LogP contribution in [0.5, 0.6) is 0 Å². The summed E-state index contributed by atoms with van der Waals surface area (Å²) in [5.41, 5.74) is 21.5. The SMILES string of the molecule is c1ccc2c(c1)-c1cc(-c3ccc4oc5ccccc5c4c3)c(-c3ccc4oc5ccccc5c4c3)cc1-c1cccc(-c3ccc4oc5ccccc5c4c3)c1-c1cc3c4ccccc4c4ccccc4c3cc1-2. The third kappa shape index (κ3) is 5.86. The van der Waals surface area contributed by atoms with Crippen LogP contribution in [0.1, 0.15) is 0 Å². The van der Waals surface area contributed by atoms with Crippen LogP contribution in [-0.4, -0.2) is 0 Å². The van der Waals surface area contributed by atoms with E-state index in [9.17, 15) is 0 Å². The Labute approximate surface area is 429 Å². The first-order valence-electron chi connectivity index (χ1n) is 25.7. The number of furan rings is 3. The quantitative estimate of drug-likeness (QED) is 0.166. The lowest BCUT2D eigenvalue weighted by Gasteiger charge is -2.27. The molecule has 0 bridgehead atoms. The van der Waals surface area contributed by atoms with Gasteiger partial charge in [0, 0.05) is 32.3 Å². The molecule has 0 N–H and O–H groups in total. The molecule has 0 atom stereocenters. The second kappa shape index (κ2) is 15.3. The van der Waals surface area contributed by atoms with Gasteiger partial charge in [-0.3, -0.25) is 0 Å². The Kier molecular flexibility index (Phi) is 8.28. The van der Waals surface area contributed by atoms with E-state index in [2.05, 4.69) is 224 Å². The van der Waals surface area contributed by atoms with E-state index in [1.807, 2.05) is 18.2 Å². The maximum atomic E-state index is 6.44. The average Bonchev–Trinajstić information content (AvgIpc) is 4.21. The first-order valence-corrected chi connectivity index (χ1v) is 25.7. The summed E-state index contributed by atoms with van der Waals surface area (Å²) in [7, 11) is 0. The molecule has 75 heavy (non-hydrogen) atoms. The van der Waals surface area contributed by atoms with Gasteiger partial charge in [0.2, 0.25) is 0 Å². The van der Waals surface area contributed by atoms with Crippen LogP contribution in [-0.2, 0) is 0 Å². The van der Waals surface area contributed by atoms with Crippen molar-refractivity contribution in [3.63, 3.8) is 0 Å². The van der Waals surface area contributed by atoms with E-state index in [0.717, 1.165) is 105 Å². The molecule has 0 radical (unpaired) electrons. The fraction of sp³-hybridized carbons (Fsp3) is 0. The lowest BCUT2D eigenvalue weighted by molar-refractivity contribution is 0.668.